The predicted octanol–water partition coefficient (Wildman–Crippen LogP) is 2.94. The van der Waals surface area contributed by atoms with Gasteiger partial charge in [-0.15, -0.1) is 11.6 Å². The first-order chi connectivity index (χ1) is 6.07. The van der Waals surface area contributed by atoms with Crippen LogP contribution in [-0.4, -0.2) is 4.98 Å². The van der Waals surface area contributed by atoms with Crippen LogP contribution in [0.25, 0.3) is 0 Å². The van der Waals surface area contributed by atoms with Crippen molar-refractivity contribution in [3.63, 3.8) is 0 Å². The van der Waals surface area contributed by atoms with E-state index in [1.165, 1.54) is 6.20 Å². The first kappa shape index (κ1) is 10.9. The number of nitrogen functional groups attached to an aromatic ring is 1. The average Bonchev–Trinajstić information content (AvgIpc) is 2.08. The number of rotatable bonds is 2. The zero-order chi connectivity index (χ0) is 10.0. The van der Waals surface area contributed by atoms with Crippen molar-refractivity contribution in [2.45, 2.75) is 12.3 Å². The van der Waals surface area contributed by atoms with Crippen LogP contribution < -0.4 is 5.73 Å². The van der Waals surface area contributed by atoms with E-state index in [4.69, 9.17) is 17.3 Å². The lowest BCUT2D eigenvalue weighted by Crippen LogP contribution is -2.04. The molecule has 0 aliphatic rings. The number of halogens is 4. The maximum Gasteiger partial charge on any atom is 0.267 e. The molecular weight excluding hydrogens is 312 g/mol. The van der Waals surface area contributed by atoms with Crippen molar-refractivity contribution >= 4 is 39.9 Å². The van der Waals surface area contributed by atoms with Crippen LogP contribution in [0.3, 0.4) is 0 Å². The van der Waals surface area contributed by atoms with Gasteiger partial charge in [-0.25, -0.2) is 8.78 Å². The number of aromatic nitrogens is 1. The number of nitrogens with two attached hydrogens (primary N) is 1. The van der Waals surface area contributed by atoms with Gasteiger partial charge in [0.1, 0.15) is 0 Å². The first-order valence-electron chi connectivity index (χ1n) is 3.34. The maximum absolute atomic E-state index is 12.5. The molecule has 2 N–H and O–H groups in total. The van der Waals surface area contributed by atoms with Crippen LogP contribution in [0.5, 0.6) is 0 Å². The Balaban J connectivity index is 3.32. The van der Waals surface area contributed by atoms with Crippen molar-refractivity contribution in [1.82, 2.24) is 4.98 Å². The van der Waals surface area contributed by atoms with Crippen LogP contribution in [0.1, 0.15) is 17.7 Å². The molecular formula is C7H6ClF2IN2. The highest BCUT2D eigenvalue weighted by Gasteiger charge is 2.18. The van der Waals surface area contributed by atoms with Gasteiger partial charge in [-0.3, -0.25) is 4.98 Å². The fourth-order valence-electron chi connectivity index (χ4n) is 0.908. The number of hydrogen-bond donors (Lipinski definition) is 1. The molecule has 0 saturated heterocycles. The summed E-state index contributed by atoms with van der Waals surface area (Å²) in [6.45, 7) is 0. The maximum atomic E-state index is 12.5. The van der Waals surface area contributed by atoms with Crippen LogP contribution in [0, 0.1) is 3.57 Å². The summed E-state index contributed by atoms with van der Waals surface area (Å²) >= 11 is 7.30. The third kappa shape index (κ3) is 2.19. The van der Waals surface area contributed by atoms with Gasteiger partial charge in [0, 0.05) is 6.20 Å². The molecule has 0 unspecified atom stereocenters. The Morgan fingerprint density at radius 2 is 2.23 bits per heavy atom. The van der Waals surface area contributed by atoms with E-state index >= 15 is 0 Å². The smallest absolute Gasteiger partial charge is 0.267 e. The molecule has 0 radical (unpaired) electrons. The van der Waals surface area contributed by atoms with E-state index in [2.05, 4.69) is 4.98 Å². The Hall–Kier alpha value is -0.170. The largest absolute Gasteiger partial charge is 0.397 e. The first-order valence-corrected chi connectivity index (χ1v) is 4.96. The number of anilines is 1. The van der Waals surface area contributed by atoms with E-state index in [0.717, 1.165) is 0 Å². The standard InChI is InChI=1S/C7H6ClF2IN2/c8-1-4-5(7(9)10)6(12)3(11)2-13-4/h2,7H,1H2,(H2,12,13). The van der Waals surface area contributed by atoms with Crippen LogP contribution in [0.15, 0.2) is 6.20 Å². The zero-order valence-corrected chi connectivity index (χ0v) is 9.31. The highest BCUT2D eigenvalue weighted by atomic mass is 127. The number of nitrogens with zero attached hydrogens (tertiary/aromatic N) is 1. The summed E-state index contributed by atoms with van der Waals surface area (Å²) in [4.78, 5) is 3.78. The summed E-state index contributed by atoms with van der Waals surface area (Å²) in [5, 5.41) is 0. The lowest BCUT2D eigenvalue weighted by Gasteiger charge is -2.09. The summed E-state index contributed by atoms with van der Waals surface area (Å²) in [6.07, 6.45) is -1.20. The quantitative estimate of drug-likeness (QED) is 0.672. The molecule has 1 rings (SSSR count). The summed E-state index contributed by atoms with van der Waals surface area (Å²) in [5.74, 6) is -0.0548. The van der Waals surface area contributed by atoms with Gasteiger partial charge in [0.15, 0.2) is 0 Å². The third-order valence-electron chi connectivity index (χ3n) is 1.54. The predicted molar refractivity (Wildman–Crippen MR) is 55.9 cm³/mol. The van der Waals surface area contributed by atoms with E-state index < -0.39 is 6.43 Å². The summed E-state index contributed by atoms with van der Waals surface area (Å²) in [5.41, 5.74) is 5.44. The van der Waals surface area contributed by atoms with Gasteiger partial charge < -0.3 is 5.73 Å². The Bertz CT molecular complexity index is 320. The molecule has 0 aliphatic carbocycles. The van der Waals surface area contributed by atoms with Crippen molar-refractivity contribution in [2.75, 3.05) is 5.73 Å². The molecule has 1 aromatic rings. The topological polar surface area (TPSA) is 38.9 Å². The lowest BCUT2D eigenvalue weighted by atomic mass is 10.2. The minimum absolute atomic E-state index is 0.0548. The second-order valence-corrected chi connectivity index (χ2v) is 3.74. The fourth-order valence-corrected chi connectivity index (χ4v) is 1.55. The van der Waals surface area contributed by atoms with Gasteiger partial charge in [0.25, 0.3) is 6.43 Å². The normalized spacial score (nSPS) is 10.8. The molecule has 1 aromatic heterocycles. The Kier molecular flexibility index (Phi) is 3.66. The SMILES string of the molecule is Nc1c(I)cnc(CCl)c1C(F)F. The van der Waals surface area contributed by atoms with Crippen molar-refractivity contribution in [3.05, 3.63) is 21.0 Å². The second-order valence-electron chi connectivity index (χ2n) is 2.31. The van der Waals surface area contributed by atoms with E-state index in [0.29, 0.717) is 3.57 Å². The van der Waals surface area contributed by atoms with Gasteiger partial charge in [0.2, 0.25) is 0 Å². The molecule has 0 aliphatic heterocycles. The van der Waals surface area contributed by atoms with Gasteiger partial charge in [-0.05, 0) is 22.6 Å². The molecule has 0 saturated carbocycles. The highest BCUT2D eigenvalue weighted by Crippen LogP contribution is 2.31. The number of pyridine rings is 1. The van der Waals surface area contributed by atoms with E-state index in [9.17, 15) is 8.78 Å². The van der Waals surface area contributed by atoms with Gasteiger partial charge in [0.05, 0.1) is 26.4 Å². The molecule has 0 amide bonds. The molecule has 0 fully saturated rings. The fraction of sp³-hybridized carbons (Fsp3) is 0.286. The van der Waals surface area contributed by atoms with E-state index in [1.807, 2.05) is 22.6 Å². The second kappa shape index (κ2) is 4.36. The Labute approximate surface area is 92.6 Å². The molecule has 0 aromatic carbocycles. The van der Waals surface area contributed by atoms with E-state index in [1.54, 1.807) is 0 Å². The van der Waals surface area contributed by atoms with Gasteiger partial charge in [-0.1, -0.05) is 0 Å². The highest BCUT2D eigenvalue weighted by molar-refractivity contribution is 14.1. The lowest BCUT2D eigenvalue weighted by molar-refractivity contribution is 0.151. The summed E-state index contributed by atoms with van der Waals surface area (Å²) in [6, 6.07) is 0. The van der Waals surface area contributed by atoms with Crippen LogP contribution in [0.2, 0.25) is 0 Å². The molecule has 6 heteroatoms. The van der Waals surface area contributed by atoms with Crippen molar-refractivity contribution < 1.29 is 8.78 Å². The minimum atomic E-state index is -2.63. The number of alkyl halides is 3. The molecule has 13 heavy (non-hydrogen) atoms. The molecule has 2 nitrogen and oxygen atoms in total. The Morgan fingerprint density at radius 1 is 1.62 bits per heavy atom. The third-order valence-corrected chi connectivity index (χ3v) is 2.65. The van der Waals surface area contributed by atoms with Crippen molar-refractivity contribution in [1.29, 1.82) is 0 Å². The molecule has 1 heterocycles. The van der Waals surface area contributed by atoms with E-state index in [-0.39, 0.29) is 22.8 Å². The van der Waals surface area contributed by atoms with Crippen LogP contribution >= 0.6 is 34.2 Å². The van der Waals surface area contributed by atoms with Crippen molar-refractivity contribution in [2.24, 2.45) is 0 Å². The monoisotopic (exact) mass is 318 g/mol. The van der Waals surface area contributed by atoms with Crippen molar-refractivity contribution in [3.8, 4) is 0 Å². The average molecular weight is 318 g/mol. The summed E-state index contributed by atoms with van der Waals surface area (Å²) in [7, 11) is 0. The number of hydrogen-bond acceptors (Lipinski definition) is 2. The van der Waals surface area contributed by atoms with Crippen LogP contribution in [-0.2, 0) is 5.88 Å². The minimum Gasteiger partial charge on any atom is -0.397 e. The van der Waals surface area contributed by atoms with Crippen LogP contribution in [0.4, 0.5) is 14.5 Å². The molecule has 0 spiro atoms. The van der Waals surface area contributed by atoms with Gasteiger partial charge >= 0.3 is 0 Å². The Morgan fingerprint density at radius 3 is 2.69 bits per heavy atom. The van der Waals surface area contributed by atoms with Gasteiger partial charge in [-0.2, -0.15) is 0 Å². The summed E-state index contributed by atoms with van der Waals surface area (Å²) < 4.78 is 25.5. The molecule has 0 atom stereocenters. The molecule has 0 bridgehead atoms. The molecule has 72 valence electrons. The zero-order valence-electron chi connectivity index (χ0n) is 6.40.